The van der Waals surface area contributed by atoms with Crippen LogP contribution in [0.2, 0.25) is 0 Å². The van der Waals surface area contributed by atoms with E-state index in [1.807, 2.05) is 20.9 Å². The second kappa shape index (κ2) is 18.9. The van der Waals surface area contributed by atoms with Crippen LogP contribution >= 0.6 is 0 Å². The Kier molecular flexibility index (Phi) is 18.4. The summed E-state index contributed by atoms with van der Waals surface area (Å²) < 4.78 is 41.5. The van der Waals surface area contributed by atoms with Crippen LogP contribution in [0.15, 0.2) is 0 Å². The molecular formula is C21H43FN2O6. The molecule has 0 heterocycles. The summed E-state index contributed by atoms with van der Waals surface area (Å²) in [7, 11) is 1.88. The molecule has 0 spiro atoms. The molecule has 0 saturated heterocycles. The molecule has 0 aromatic carbocycles. The number of nitrogens with one attached hydrogen (secondary N) is 2. The van der Waals surface area contributed by atoms with Crippen molar-refractivity contribution in [1.82, 2.24) is 10.6 Å². The van der Waals surface area contributed by atoms with Crippen molar-refractivity contribution in [3.8, 4) is 0 Å². The minimum atomic E-state index is -1.30. The average Bonchev–Trinajstić information content (AvgIpc) is 2.73. The summed E-state index contributed by atoms with van der Waals surface area (Å²) in [4.78, 5) is 11.7. The standard InChI is InChI=1S/C21H43FN2O6/c1-6-18(2)20(25)24-17-19(22)21(3,4)30-16-15-29-14-13-28-12-11-27-10-9-26-8-7-23-5/h18-19,23H,6-17H2,1-5H3,(H,24,25). The first-order valence-electron chi connectivity index (χ1n) is 10.9. The molecule has 0 saturated carbocycles. The summed E-state index contributed by atoms with van der Waals surface area (Å²) >= 11 is 0. The lowest BCUT2D eigenvalue weighted by molar-refractivity contribution is -0.126. The van der Waals surface area contributed by atoms with E-state index in [-0.39, 0.29) is 25.0 Å². The largest absolute Gasteiger partial charge is 0.378 e. The van der Waals surface area contributed by atoms with Crippen molar-refractivity contribution in [3.05, 3.63) is 0 Å². The van der Waals surface area contributed by atoms with Gasteiger partial charge in [-0.1, -0.05) is 13.8 Å². The van der Waals surface area contributed by atoms with Gasteiger partial charge >= 0.3 is 0 Å². The van der Waals surface area contributed by atoms with Crippen molar-refractivity contribution in [2.75, 3.05) is 79.6 Å². The average molecular weight is 439 g/mol. The number of hydrogen-bond acceptors (Lipinski definition) is 7. The molecule has 2 atom stereocenters. The van der Waals surface area contributed by atoms with Gasteiger partial charge in [0.1, 0.15) is 6.17 Å². The predicted molar refractivity (Wildman–Crippen MR) is 115 cm³/mol. The molecule has 0 radical (unpaired) electrons. The summed E-state index contributed by atoms with van der Waals surface area (Å²) in [5.41, 5.74) is -1.00. The third-order valence-corrected chi connectivity index (χ3v) is 4.58. The highest BCUT2D eigenvalue weighted by molar-refractivity contribution is 5.78. The van der Waals surface area contributed by atoms with Gasteiger partial charge in [-0.2, -0.15) is 0 Å². The van der Waals surface area contributed by atoms with Crippen LogP contribution < -0.4 is 10.6 Å². The van der Waals surface area contributed by atoms with Gasteiger partial charge in [-0.25, -0.2) is 4.39 Å². The van der Waals surface area contributed by atoms with E-state index < -0.39 is 11.8 Å². The van der Waals surface area contributed by atoms with Gasteiger partial charge < -0.3 is 34.3 Å². The number of alkyl halides is 1. The number of carbonyl (C=O) groups is 1. The Morgan fingerprint density at radius 2 is 1.37 bits per heavy atom. The highest BCUT2D eigenvalue weighted by atomic mass is 19.1. The number of ether oxygens (including phenoxy) is 5. The van der Waals surface area contributed by atoms with Crippen molar-refractivity contribution in [2.45, 2.75) is 45.9 Å². The number of amides is 1. The molecule has 30 heavy (non-hydrogen) atoms. The van der Waals surface area contributed by atoms with E-state index in [0.29, 0.717) is 52.9 Å². The van der Waals surface area contributed by atoms with Crippen LogP contribution in [0.3, 0.4) is 0 Å². The summed E-state index contributed by atoms with van der Waals surface area (Å²) in [6, 6.07) is 0. The molecule has 1 amide bonds. The van der Waals surface area contributed by atoms with Crippen LogP contribution in [0, 0.1) is 5.92 Å². The molecule has 0 aromatic rings. The van der Waals surface area contributed by atoms with Crippen molar-refractivity contribution >= 4 is 5.91 Å². The highest BCUT2D eigenvalue weighted by Gasteiger charge is 2.31. The molecule has 0 aromatic heterocycles. The maximum absolute atomic E-state index is 14.4. The zero-order valence-corrected chi connectivity index (χ0v) is 19.5. The van der Waals surface area contributed by atoms with Gasteiger partial charge in [-0.15, -0.1) is 0 Å². The Bertz CT molecular complexity index is 415. The minimum Gasteiger partial charge on any atom is -0.378 e. The number of rotatable bonds is 21. The molecule has 0 rings (SSSR count). The molecule has 180 valence electrons. The summed E-state index contributed by atoms with van der Waals surface area (Å²) in [6.45, 7) is 12.2. The Balaban J connectivity index is 3.54. The fraction of sp³-hybridized carbons (Fsp3) is 0.952. The van der Waals surface area contributed by atoms with E-state index in [2.05, 4.69) is 10.6 Å². The second-order valence-electron chi connectivity index (χ2n) is 7.53. The predicted octanol–water partition coefficient (Wildman–Crippen LogP) is 1.57. The van der Waals surface area contributed by atoms with Gasteiger partial charge in [0.25, 0.3) is 0 Å². The van der Waals surface area contributed by atoms with Crippen LogP contribution in [0.1, 0.15) is 34.1 Å². The normalized spacial score (nSPS) is 13.9. The third kappa shape index (κ3) is 15.9. The molecule has 9 heteroatoms. The monoisotopic (exact) mass is 438 g/mol. The zero-order valence-electron chi connectivity index (χ0n) is 19.5. The highest BCUT2D eigenvalue weighted by Crippen LogP contribution is 2.17. The lowest BCUT2D eigenvalue weighted by atomic mass is 10.0. The Labute approximate surface area is 181 Å². The molecule has 0 aliphatic heterocycles. The van der Waals surface area contributed by atoms with Crippen molar-refractivity contribution in [3.63, 3.8) is 0 Å². The first-order valence-corrected chi connectivity index (χ1v) is 10.9. The van der Waals surface area contributed by atoms with Crippen LogP contribution in [-0.2, 0) is 28.5 Å². The number of carbonyl (C=O) groups excluding carboxylic acids is 1. The lowest BCUT2D eigenvalue weighted by Gasteiger charge is -2.29. The molecular weight excluding hydrogens is 395 g/mol. The fourth-order valence-corrected chi connectivity index (χ4v) is 2.19. The fourth-order valence-electron chi connectivity index (χ4n) is 2.19. The van der Waals surface area contributed by atoms with Gasteiger partial charge in [0.15, 0.2) is 0 Å². The molecule has 2 N–H and O–H groups in total. The topological polar surface area (TPSA) is 87.3 Å². The SMILES string of the molecule is CCC(C)C(=O)NCC(F)C(C)(C)OCCOCCOCCOCCOCCNC. The Hall–Kier alpha value is -0.840. The van der Waals surface area contributed by atoms with Gasteiger partial charge in [0, 0.05) is 12.5 Å². The Morgan fingerprint density at radius 1 is 0.900 bits per heavy atom. The maximum Gasteiger partial charge on any atom is 0.222 e. The maximum atomic E-state index is 14.4. The third-order valence-electron chi connectivity index (χ3n) is 4.58. The number of halogens is 1. The first kappa shape index (κ1) is 29.2. The molecule has 8 nitrogen and oxygen atoms in total. The van der Waals surface area contributed by atoms with Gasteiger partial charge in [-0.05, 0) is 27.3 Å². The molecule has 2 unspecified atom stereocenters. The van der Waals surface area contributed by atoms with Crippen molar-refractivity contribution < 1.29 is 32.9 Å². The van der Waals surface area contributed by atoms with Crippen LogP contribution in [0.5, 0.6) is 0 Å². The first-order chi connectivity index (χ1) is 14.3. The van der Waals surface area contributed by atoms with Gasteiger partial charge in [0.05, 0.1) is 71.6 Å². The van der Waals surface area contributed by atoms with Crippen molar-refractivity contribution in [1.29, 1.82) is 0 Å². The van der Waals surface area contributed by atoms with Crippen LogP contribution in [0.25, 0.3) is 0 Å². The zero-order chi connectivity index (χ0) is 22.7. The molecule has 0 aliphatic rings. The van der Waals surface area contributed by atoms with Gasteiger partial charge in [-0.3, -0.25) is 4.79 Å². The smallest absolute Gasteiger partial charge is 0.222 e. The summed E-state index contributed by atoms with van der Waals surface area (Å²) in [5.74, 6) is -0.256. The summed E-state index contributed by atoms with van der Waals surface area (Å²) in [6.07, 6.45) is -0.578. The summed E-state index contributed by atoms with van der Waals surface area (Å²) in [5, 5.41) is 5.63. The van der Waals surface area contributed by atoms with Crippen LogP contribution in [0.4, 0.5) is 4.39 Å². The molecule has 0 aliphatic carbocycles. The molecule has 0 fully saturated rings. The minimum absolute atomic E-state index is 0.0605. The number of hydrogen-bond donors (Lipinski definition) is 2. The van der Waals surface area contributed by atoms with Crippen molar-refractivity contribution in [2.24, 2.45) is 5.92 Å². The number of likely N-dealkylation sites (N-methyl/N-ethyl adjacent to an activating group) is 1. The van der Waals surface area contributed by atoms with E-state index in [9.17, 15) is 9.18 Å². The van der Waals surface area contributed by atoms with Gasteiger partial charge in [0.2, 0.25) is 5.91 Å². The Morgan fingerprint density at radius 3 is 1.83 bits per heavy atom. The quantitative estimate of drug-likeness (QED) is 0.263. The van der Waals surface area contributed by atoms with E-state index in [1.165, 1.54) is 0 Å². The van der Waals surface area contributed by atoms with E-state index in [1.54, 1.807) is 13.8 Å². The van der Waals surface area contributed by atoms with E-state index in [0.717, 1.165) is 13.0 Å². The second-order valence-corrected chi connectivity index (χ2v) is 7.53. The van der Waals surface area contributed by atoms with E-state index >= 15 is 0 Å². The molecule has 0 bridgehead atoms. The lowest BCUT2D eigenvalue weighted by Crippen LogP contribution is -2.45. The van der Waals surface area contributed by atoms with E-state index in [4.69, 9.17) is 23.7 Å². The van der Waals surface area contributed by atoms with Crippen LogP contribution in [-0.4, -0.2) is 97.3 Å².